The van der Waals surface area contributed by atoms with Crippen LogP contribution in [-0.4, -0.2) is 10.9 Å². The number of fused-ring (bicyclic) bond motifs is 1. The molecule has 6 heteroatoms. The summed E-state index contributed by atoms with van der Waals surface area (Å²) in [5.41, 5.74) is 2.87. The highest BCUT2D eigenvalue weighted by molar-refractivity contribution is 5.77. The maximum absolute atomic E-state index is 12.7. The van der Waals surface area contributed by atoms with Crippen molar-refractivity contribution in [2.75, 3.05) is 0 Å². The van der Waals surface area contributed by atoms with Crippen LogP contribution in [0.4, 0.5) is 13.2 Å². The lowest BCUT2D eigenvalue weighted by Crippen LogP contribution is -2.26. The van der Waals surface area contributed by atoms with Crippen LogP contribution in [0.3, 0.4) is 0 Å². The molecule has 0 fully saturated rings. The largest absolute Gasteiger partial charge is 0.416 e. The average molecular weight is 334 g/mol. The number of benzene rings is 1. The van der Waals surface area contributed by atoms with Gasteiger partial charge < -0.3 is 5.32 Å². The number of aromatic nitrogens is 1. The first-order chi connectivity index (χ1) is 11.4. The van der Waals surface area contributed by atoms with Gasteiger partial charge in [-0.25, -0.2) is 0 Å². The van der Waals surface area contributed by atoms with E-state index in [4.69, 9.17) is 0 Å². The van der Waals surface area contributed by atoms with Gasteiger partial charge in [-0.1, -0.05) is 19.1 Å². The molecule has 3 rings (SSSR count). The first-order valence-electron chi connectivity index (χ1n) is 7.84. The Balaban J connectivity index is 1.93. The molecule has 0 saturated heterocycles. The van der Waals surface area contributed by atoms with Gasteiger partial charge in [-0.2, -0.15) is 13.2 Å². The van der Waals surface area contributed by atoms with E-state index in [1.807, 2.05) is 0 Å². The third-order valence-corrected chi connectivity index (χ3v) is 4.33. The minimum Gasteiger partial charge on any atom is -0.349 e. The third kappa shape index (κ3) is 3.13. The molecule has 0 aliphatic heterocycles. The van der Waals surface area contributed by atoms with Crippen molar-refractivity contribution in [3.8, 4) is 11.1 Å². The zero-order valence-electron chi connectivity index (χ0n) is 13.2. The van der Waals surface area contributed by atoms with E-state index in [-0.39, 0.29) is 11.9 Å². The standard InChI is InChI=1S/C18H17F3N2O/c1-2-17(24)23-16-8-7-13-14(9-22-10-15(13)16)11-3-5-12(6-4-11)18(19,20)21/h3-6,9-10,16H,2,7-8H2,1H3,(H,23,24). The number of hydrogen-bond acceptors (Lipinski definition) is 2. The Bertz CT molecular complexity index is 754. The van der Waals surface area contributed by atoms with Crippen LogP contribution < -0.4 is 5.32 Å². The number of pyridine rings is 1. The maximum Gasteiger partial charge on any atom is 0.416 e. The van der Waals surface area contributed by atoms with E-state index in [9.17, 15) is 18.0 Å². The van der Waals surface area contributed by atoms with Gasteiger partial charge >= 0.3 is 6.18 Å². The van der Waals surface area contributed by atoms with Gasteiger partial charge in [0.2, 0.25) is 5.91 Å². The van der Waals surface area contributed by atoms with Crippen LogP contribution in [0.5, 0.6) is 0 Å². The van der Waals surface area contributed by atoms with Crippen molar-refractivity contribution < 1.29 is 18.0 Å². The van der Waals surface area contributed by atoms with Crippen LogP contribution in [0, 0.1) is 0 Å². The van der Waals surface area contributed by atoms with E-state index in [1.165, 1.54) is 12.1 Å². The molecule has 0 saturated carbocycles. The molecule has 2 aromatic rings. The number of nitrogens with one attached hydrogen (secondary N) is 1. The third-order valence-electron chi connectivity index (χ3n) is 4.33. The van der Waals surface area contributed by atoms with E-state index >= 15 is 0 Å². The summed E-state index contributed by atoms with van der Waals surface area (Å²) >= 11 is 0. The van der Waals surface area contributed by atoms with Crippen LogP contribution in [0.1, 0.15) is 42.5 Å². The molecule has 1 aliphatic rings. The molecule has 1 unspecified atom stereocenters. The summed E-state index contributed by atoms with van der Waals surface area (Å²) in [5.74, 6) is -0.0206. The summed E-state index contributed by atoms with van der Waals surface area (Å²) in [6, 6.07) is 5.03. The summed E-state index contributed by atoms with van der Waals surface area (Å²) in [5, 5.41) is 2.96. The predicted octanol–water partition coefficient (Wildman–Crippen LogP) is 4.28. The minimum atomic E-state index is -4.34. The Morgan fingerprint density at radius 2 is 1.96 bits per heavy atom. The predicted molar refractivity (Wildman–Crippen MR) is 84.2 cm³/mol. The average Bonchev–Trinajstić information content (AvgIpc) is 2.97. The number of amides is 1. The Morgan fingerprint density at radius 3 is 2.58 bits per heavy atom. The van der Waals surface area contributed by atoms with Gasteiger partial charge in [0.05, 0.1) is 11.6 Å². The van der Waals surface area contributed by atoms with Crippen molar-refractivity contribution in [1.82, 2.24) is 10.3 Å². The molecule has 0 radical (unpaired) electrons. The monoisotopic (exact) mass is 334 g/mol. The van der Waals surface area contributed by atoms with Gasteiger partial charge in [0, 0.05) is 24.4 Å². The number of halogens is 3. The molecular formula is C18H17F3N2O. The topological polar surface area (TPSA) is 42.0 Å². The first-order valence-corrected chi connectivity index (χ1v) is 7.84. The van der Waals surface area contributed by atoms with E-state index < -0.39 is 11.7 Å². The molecule has 1 aromatic heterocycles. The minimum absolute atomic E-state index is 0.0206. The SMILES string of the molecule is CCC(=O)NC1CCc2c(-c3ccc(C(F)(F)F)cc3)cncc21. The van der Waals surface area contributed by atoms with Crippen molar-refractivity contribution in [3.63, 3.8) is 0 Å². The number of carbonyl (C=O) groups excluding carboxylic acids is 1. The lowest BCUT2D eigenvalue weighted by Gasteiger charge is -2.14. The summed E-state index contributed by atoms with van der Waals surface area (Å²) in [6.45, 7) is 1.79. The number of carbonyl (C=O) groups is 1. The van der Waals surface area contributed by atoms with Crippen LogP contribution in [0.2, 0.25) is 0 Å². The van der Waals surface area contributed by atoms with Crippen molar-refractivity contribution in [1.29, 1.82) is 0 Å². The number of hydrogen-bond donors (Lipinski definition) is 1. The summed E-state index contributed by atoms with van der Waals surface area (Å²) in [7, 11) is 0. The number of rotatable bonds is 3. The maximum atomic E-state index is 12.7. The van der Waals surface area contributed by atoms with Crippen molar-refractivity contribution >= 4 is 5.91 Å². The highest BCUT2D eigenvalue weighted by Gasteiger charge is 2.30. The van der Waals surface area contributed by atoms with Crippen LogP contribution in [-0.2, 0) is 17.4 Å². The Labute approximate surface area is 137 Å². The Morgan fingerprint density at radius 1 is 1.25 bits per heavy atom. The van der Waals surface area contributed by atoms with Gasteiger partial charge in [0.25, 0.3) is 0 Å². The lowest BCUT2D eigenvalue weighted by atomic mass is 9.98. The molecule has 1 atom stereocenters. The first kappa shape index (κ1) is 16.5. The van der Waals surface area contributed by atoms with Gasteiger partial charge in [-0.15, -0.1) is 0 Å². The second-order valence-corrected chi connectivity index (χ2v) is 5.84. The number of nitrogens with zero attached hydrogens (tertiary/aromatic N) is 1. The van der Waals surface area contributed by atoms with Crippen LogP contribution in [0.15, 0.2) is 36.7 Å². The van der Waals surface area contributed by atoms with Gasteiger partial charge in [-0.3, -0.25) is 9.78 Å². The fourth-order valence-electron chi connectivity index (χ4n) is 3.06. The van der Waals surface area contributed by atoms with Crippen molar-refractivity contribution in [2.45, 2.75) is 38.4 Å². The molecular weight excluding hydrogens is 317 g/mol. The Kier molecular flexibility index (Phi) is 4.30. The van der Waals surface area contributed by atoms with Crippen LogP contribution in [0.25, 0.3) is 11.1 Å². The fourth-order valence-corrected chi connectivity index (χ4v) is 3.06. The van der Waals surface area contributed by atoms with Gasteiger partial charge in [0.1, 0.15) is 0 Å². The molecule has 126 valence electrons. The summed E-state index contributed by atoms with van der Waals surface area (Å²) in [6.07, 6.45) is 1.02. The van der Waals surface area contributed by atoms with Gasteiger partial charge in [0.15, 0.2) is 0 Å². The molecule has 24 heavy (non-hydrogen) atoms. The summed E-state index contributed by atoms with van der Waals surface area (Å²) < 4.78 is 38.1. The quantitative estimate of drug-likeness (QED) is 0.910. The molecule has 1 heterocycles. The van der Waals surface area contributed by atoms with Crippen LogP contribution >= 0.6 is 0 Å². The second kappa shape index (κ2) is 6.26. The molecule has 1 aliphatic carbocycles. The van der Waals surface area contributed by atoms with E-state index in [1.54, 1.807) is 19.3 Å². The van der Waals surface area contributed by atoms with Crippen molar-refractivity contribution in [2.24, 2.45) is 0 Å². The number of alkyl halides is 3. The van der Waals surface area contributed by atoms with Crippen molar-refractivity contribution in [3.05, 3.63) is 53.3 Å². The zero-order valence-corrected chi connectivity index (χ0v) is 13.2. The molecule has 3 nitrogen and oxygen atoms in total. The zero-order chi connectivity index (χ0) is 17.3. The molecule has 0 bridgehead atoms. The smallest absolute Gasteiger partial charge is 0.349 e. The fraction of sp³-hybridized carbons (Fsp3) is 0.333. The highest BCUT2D eigenvalue weighted by atomic mass is 19.4. The molecule has 1 N–H and O–H groups in total. The van der Waals surface area contributed by atoms with E-state index in [0.29, 0.717) is 12.0 Å². The second-order valence-electron chi connectivity index (χ2n) is 5.84. The Hall–Kier alpha value is -2.37. The lowest BCUT2D eigenvalue weighted by molar-refractivity contribution is -0.137. The summed E-state index contributed by atoms with van der Waals surface area (Å²) in [4.78, 5) is 15.8. The highest BCUT2D eigenvalue weighted by Crippen LogP contribution is 2.38. The van der Waals surface area contributed by atoms with Gasteiger partial charge in [-0.05, 0) is 41.7 Å². The molecule has 0 spiro atoms. The molecule has 1 amide bonds. The normalized spacial score (nSPS) is 16.8. The van der Waals surface area contributed by atoms with E-state index in [2.05, 4.69) is 10.3 Å². The molecule has 1 aromatic carbocycles. The van der Waals surface area contributed by atoms with E-state index in [0.717, 1.165) is 41.7 Å².